The van der Waals surface area contributed by atoms with Crippen molar-refractivity contribution in [1.82, 2.24) is 15.0 Å². The number of aromatic nitrogens is 3. The first-order valence-electron chi connectivity index (χ1n) is 6.16. The first-order valence-corrected chi connectivity index (χ1v) is 6.16. The maximum absolute atomic E-state index is 6.10. The largest absolute Gasteiger partial charge is 0.351 e. The zero-order valence-electron chi connectivity index (χ0n) is 9.69. The average molecular weight is 231 g/mol. The Labute approximate surface area is 99.8 Å². The number of imidazole rings is 1. The molecule has 3 rings (SSSR count). The molecule has 1 aliphatic carbocycles. The third kappa shape index (κ3) is 2.10. The average Bonchev–Trinajstić information content (AvgIpc) is 2.74. The monoisotopic (exact) mass is 231 g/mol. The summed E-state index contributed by atoms with van der Waals surface area (Å²) < 4.78 is 0. The molecule has 1 aliphatic rings. The Hall–Kier alpha value is -1.62. The molecule has 2 heterocycles. The third-order valence-electron chi connectivity index (χ3n) is 3.40. The molecule has 2 atom stereocenters. The fourth-order valence-electron chi connectivity index (χ4n) is 2.43. The molecule has 1 fully saturated rings. The zero-order valence-corrected chi connectivity index (χ0v) is 9.69. The number of pyridine rings is 1. The van der Waals surface area contributed by atoms with Crippen LogP contribution in [-0.4, -0.2) is 27.0 Å². The number of rotatable bonds is 2. The van der Waals surface area contributed by atoms with Crippen LogP contribution in [0.1, 0.15) is 25.7 Å². The normalized spacial score (nSPS) is 25.0. The summed E-state index contributed by atoms with van der Waals surface area (Å²) in [5.41, 5.74) is 7.81. The highest BCUT2D eigenvalue weighted by atomic mass is 15.2. The zero-order chi connectivity index (χ0) is 11.7. The van der Waals surface area contributed by atoms with Gasteiger partial charge in [-0.1, -0.05) is 12.8 Å². The molecule has 90 valence electrons. The van der Waals surface area contributed by atoms with Crippen LogP contribution in [0.15, 0.2) is 18.3 Å². The van der Waals surface area contributed by atoms with E-state index in [1.54, 1.807) is 6.20 Å². The number of nitrogens with zero attached hydrogens (tertiary/aromatic N) is 2. The van der Waals surface area contributed by atoms with E-state index in [9.17, 15) is 0 Å². The molecule has 1 saturated carbocycles. The summed E-state index contributed by atoms with van der Waals surface area (Å²) >= 11 is 0. The molecule has 0 aliphatic heterocycles. The van der Waals surface area contributed by atoms with E-state index in [1.807, 2.05) is 12.1 Å². The second-order valence-corrected chi connectivity index (χ2v) is 4.66. The van der Waals surface area contributed by atoms with Gasteiger partial charge < -0.3 is 16.0 Å². The molecule has 0 aromatic carbocycles. The van der Waals surface area contributed by atoms with Gasteiger partial charge >= 0.3 is 0 Å². The molecule has 4 N–H and O–H groups in total. The highest BCUT2D eigenvalue weighted by Gasteiger charge is 2.22. The van der Waals surface area contributed by atoms with Crippen molar-refractivity contribution < 1.29 is 0 Å². The molecule has 0 saturated heterocycles. The van der Waals surface area contributed by atoms with Gasteiger partial charge in [-0.2, -0.15) is 4.98 Å². The minimum Gasteiger partial charge on any atom is -0.351 e. The van der Waals surface area contributed by atoms with E-state index in [0.717, 1.165) is 30.0 Å². The fraction of sp³-hybridized carbons (Fsp3) is 0.500. The number of H-pyrrole nitrogens is 1. The summed E-state index contributed by atoms with van der Waals surface area (Å²) in [6.45, 7) is 0. The Morgan fingerprint density at radius 2 is 2.24 bits per heavy atom. The third-order valence-corrected chi connectivity index (χ3v) is 3.40. The quantitative estimate of drug-likeness (QED) is 0.734. The van der Waals surface area contributed by atoms with Crippen LogP contribution >= 0.6 is 0 Å². The van der Waals surface area contributed by atoms with Crippen LogP contribution in [-0.2, 0) is 0 Å². The summed E-state index contributed by atoms with van der Waals surface area (Å²) in [4.78, 5) is 11.8. The molecule has 5 nitrogen and oxygen atoms in total. The molecule has 17 heavy (non-hydrogen) atoms. The highest BCUT2D eigenvalue weighted by Crippen LogP contribution is 2.20. The number of hydrogen-bond donors (Lipinski definition) is 3. The molecule has 0 bridgehead atoms. The topological polar surface area (TPSA) is 79.6 Å². The number of nitrogens with two attached hydrogens (primary N) is 1. The van der Waals surface area contributed by atoms with Crippen molar-refractivity contribution in [3.63, 3.8) is 0 Å². The number of anilines is 1. The van der Waals surface area contributed by atoms with Gasteiger partial charge in [-0.15, -0.1) is 0 Å². The Morgan fingerprint density at radius 3 is 3.06 bits per heavy atom. The van der Waals surface area contributed by atoms with Crippen molar-refractivity contribution in [2.75, 3.05) is 5.32 Å². The standard InChI is InChI=1S/C12H17N5/c13-8-4-1-2-5-9(8)15-12-16-10-6-3-7-14-11(10)17-12/h3,6-9H,1-2,4-5,13H2,(H2,14,15,16,17)/t8-,9-/m0/s1. The molecule has 2 aromatic heterocycles. The molecule has 0 radical (unpaired) electrons. The van der Waals surface area contributed by atoms with Crippen molar-refractivity contribution in [3.8, 4) is 0 Å². The minimum absolute atomic E-state index is 0.227. The van der Waals surface area contributed by atoms with Crippen molar-refractivity contribution in [3.05, 3.63) is 18.3 Å². The van der Waals surface area contributed by atoms with Gasteiger partial charge in [-0.25, -0.2) is 4.98 Å². The molecule has 0 amide bonds. The van der Waals surface area contributed by atoms with E-state index in [4.69, 9.17) is 5.73 Å². The van der Waals surface area contributed by atoms with Crippen molar-refractivity contribution in [2.24, 2.45) is 5.73 Å². The fourth-order valence-corrected chi connectivity index (χ4v) is 2.43. The number of fused-ring (bicyclic) bond motifs is 1. The lowest BCUT2D eigenvalue weighted by atomic mass is 9.91. The lowest BCUT2D eigenvalue weighted by Crippen LogP contribution is -2.42. The van der Waals surface area contributed by atoms with Crippen LogP contribution in [0, 0.1) is 0 Å². The Kier molecular flexibility index (Phi) is 2.68. The molecule has 2 aromatic rings. The van der Waals surface area contributed by atoms with E-state index < -0.39 is 0 Å². The molecule has 0 unspecified atom stereocenters. The predicted molar refractivity (Wildman–Crippen MR) is 67.7 cm³/mol. The van der Waals surface area contributed by atoms with Crippen LogP contribution in [0.5, 0.6) is 0 Å². The van der Waals surface area contributed by atoms with Gasteiger partial charge in [-0.05, 0) is 25.0 Å². The van der Waals surface area contributed by atoms with E-state index in [-0.39, 0.29) is 6.04 Å². The van der Waals surface area contributed by atoms with Crippen LogP contribution in [0.25, 0.3) is 11.2 Å². The summed E-state index contributed by atoms with van der Waals surface area (Å²) in [6, 6.07) is 4.42. The Morgan fingerprint density at radius 1 is 1.35 bits per heavy atom. The molecular weight excluding hydrogens is 214 g/mol. The molecule has 5 heteroatoms. The van der Waals surface area contributed by atoms with Gasteiger partial charge in [0.25, 0.3) is 0 Å². The van der Waals surface area contributed by atoms with Crippen LogP contribution in [0.2, 0.25) is 0 Å². The minimum atomic E-state index is 0.227. The highest BCUT2D eigenvalue weighted by molar-refractivity contribution is 5.72. The van der Waals surface area contributed by atoms with Gasteiger partial charge in [0.1, 0.15) is 0 Å². The maximum Gasteiger partial charge on any atom is 0.202 e. The van der Waals surface area contributed by atoms with E-state index in [1.165, 1.54) is 12.8 Å². The summed E-state index contributed by atoms with van der Waals surface area (Å²) in [6.07, 6.45) is 6.44. The van der Waals surface area contributed by atoms with Crippen molar-refractivity contribution >= 4 is 17.1 Å². The molecular formula is C12H17N5. The summed E-state index contributed by atoms with van der Waals surface area (Å²) in [7, 11) is 0. The lowest BCUT2D eigenvalue weighted by molar-refractivity contribution is 0.403. The first-order chi connectivity index (χ1) is 8.33. The number of aromatic amines is 1. The Balaban J connectivity index is 1.79. The van der Waals surface area contributed by atoms with Crippen LogP contribution < -0.4 is 11.1 Å². The van der Waals surface area contributed by atoms with Gasteiger partial charge in [0.2, 0.25) is 5.95 Å². The maximum atomic E-state index is 6.10. The van der Waals surface area contributed by atoms with Gasteiger partial charge in [0.05, 0.1) is 5.52 Å². The van der Waals surface area contributed by atoms with Crippen molar-refractivity contribution in [1.29, 1.82) is 0 Å². The Bertz CT molecular complexity index is 473. The lowest BCUT2D eigenvalue weighted by Gasteiger charge is -2.28. The molecule has 0 spiro atoms. The van der Waals surface area contributed by atoms with E-state index >= 15 is 0 Å². The predicted octanol–water partition coefficient (Wildman–Crippen LogP) is 1.64. The van der Waals surface area contributed by atoms with Crippen LogP contribution in [0.4, 0.5) is 5.95 Å². The van der Waals surface area contributed by atoms with E-state index in [0.29, 0.717) is 6.04 Å². The van der Waals surface area contributed by atoms with E-state index in [2.05, 4.69) is 20.3 Å². The first kappa shape index (κ1) is 10.5. The SMILES string of the molecule is N[C@H]1CCCC[C@@H]1Nc1nc2ncccc2[nH]1. The van der Waals surface area contributed by atoms with Crippen LogP contribution in [0.3, 0.4) is 0 Å². The summed E-state index contributed by atoms with van der Waals surface area (Å²) in [5.74, 6) is 0.779. The second kappa shape index (κ2) is 4.33. The van der Waals surface area contributed by atoms with Gasteiger partial charge in [-0.3, -0.25) is 0 Å². The van der Waals surface area contributed by atoms with Crippen molar-refractivity contribution in [2.45, 2.75) is 37.8 Å². The summed E-state index contributed by atoms with van der Waals surface area (Å²) in [5, 5.41) is 3.39. The number of hydrogen-bond acceptors (Lipinski definition) is 4. The second-order valence-electron chi connectivity index (χ2n) is 4.66. The van der Waals surface area contributed by atoms with Gasteiger partial charge in [0.15, 0.2) is 5.65 Å². The van der Waals surface area contributed by atoms with Gasteiger partial charge in [0, 0.05) is 18.3 Å². The number of nitrogens with one attached hydrogen (secondary N) is 2. The smallest absolute Gasteiger partial charge is 0.202 e.